The minimum Gasteiger partial charge on any atom is -0.388 e. The van der Waals surface area contributed by atoms with Crippen LogP contribution in [0.5, 0.6) is 0 Å². The van der Waals surface area contributed by atoms with E-state index in [4.69, 9.17) is 0 Å². The van der Waals surface area contributed by atoms with Crippen molar-refractivity contribution in [3.8, 4) is 0 Å². The standard InChI is InChI=1S/C10H8.C2H6O.2C2H6/c1-2-6-10-8-4-3-7-9(10)5-1;1-3-2;2*1-2/h1-8H;1-2H3;2*1-2H3. The Balaban J connectivity index is 0. The highest BCUT2D eigenvalue weighted by molar-refractivity contribution is 5.81. The van der Waals surface area contributed by atoms with Crippen molar-refractivity contribution in [2.45, 2.75) is 27.7 Å². The van der Waals surface area contributed by atoms with Gasteiger partial charge >= 0.3 is 0 Å². The summed E-state index contributed by atoms with van der Waals surface area (Å²) in [4.78, 5) is 0. The van der Waals surface area contributed by atoms with E-state index in [0.29, 0.717) is 0 Å². The van der Waals surface area contributed by atoms with Crippen LogP contribution in [-0.4, -0.2) is 14.2 Å². The lowest BCUT2D eigenvalue weighted by molar-refractivity contribution is 0.277. The number of ether oxygens (including phenoxy) is 1. The molecule has 0 amide bonds. The van der Waals surface area contributed by atoms with Gasteiger partial charge in [0.2, 0.25) is 0 Å². The molecule has 0 unspecified atom stereocenters. The van der Waals surface area contributed by atoms with Crippen molar-refractivity contribution < 1.29 is 4.74 Å². The van der Waals surface area contributed by atoms with Gasteiger partial charge in [-0.1, -0.05) is 76.2 Å². The molecule has 0 saturated heterocycles. The Morgan fingerprint density at radius 1 is 0.588 bits per heavy atom. The van der Waals surface area contributed by atoms with Gasteiger partial charge in [-0.2, -0.15) is 0 Å². The number of hydrogen-bond donors (Lipinski definition) is 0. The van der Waals surface area contributed by atoms with Crippen molar-refractivity contribution in [2.75, 3.05) is 14.2 Å². The van der Waals surface area contributed by atoms with Crippen LogP contribution in [0.15, 0.2) is 48.5 Å². The molecule has 2 rings (SSSR count). The molecule has 2 aromatic rings. The summed E-state index contributed by atoms with van der Waals surface area (Å²) in [6.45, 7) is 8.00. The lowest BCUT2D eigenvalue weighted by Gasteiger charge is -1.92. The lowest BCUT2D eigenvalue weighted by Crippen LogP contribution is -1.67. The third kappa shape index (κ3) is 8.47. The quantitative estimate of drug-likeness (QED) is 0.612. The third-order valence-electron chi connectivity index (χ3n) is 1.66. The molecule has 0 aliphatic heterocycles. The first-order valence-corrected chi connectivity index (χ1v) is 6.22. The van der Waals surface area contributed by atoms with Gasteiger partial charge in [0.15, 0.2) is 0 Å². The molecule has 0 bridgehead atoms. The Morgan fingerprint density at radius 3 is 0.941 bits per heavy atom. The van der Waals surface area contributed by atoms with Crippen LogP contribution in [0.3, 0.4) is 0 Å². The monoisotopic (exact) mass is 234 g/mol. The van der Waals surface area contributed by atoms with Crippen molar-refractivity contribution in [2.24, 2.45) is 0 Å². The largest absolute Gasteiger partial charge is 0.388 e. The highest BCUT2D eigenvalue weighted by atomic mass is 16.4. The van der Waals surface area contributed by atoms with E-state index in [1.54, 1.807) is 14.2 Å². The van der Waals surface area contributed by atoms with Gasteiger partial charge in [0, 0.05) is 14.2 Å². The smallest absolute Gasteiger partial charge is 0.0351 e. The second-order valence-corrected chi connectivity index (χ2v) is 2.76. The van der Waals surface area contributed by atoms with Crippen LogP contribution in [-0.2, 0) is 4.74 Å². The first-order valence-electron chi connectivity index (χ1n) is 6.22. The summed E-state index contributed by atoms with van der Waals surface area (Å²) in [7, 11) is 3.25. The average molecular weight is 234 g/mol. The molecular weight excluding hydrogens is 208 g/mol. The van der Waals surface area contributed by atoms with Crippen molar-refractivity contribution in [1.29, 1.82) is 0 Å². The Labute approximate surface area is 106 Å². The van der Waals surface area contributed by atoms with Crippen LogP contribution < -0.4 is 0 Å². The van der Waals surface area contributed by atoms with Crippen molar-refractivity contribution >= 4 is 10.8 Å². The molecule has 0 saturated carbocycles. The predicted octanol–water partition coefficient (Wildman–Crippen LogP) is 5.15. The summed E-state index contributed by atoms with van der Waals surface area (Å²) in [6, 6.07) is 16.7. The molecule has 17 heavy (non-hydrogen) atoms. The van der Waals surface area contributed by atoms with Gasteiger partial charge in [-0.25, -0.2) is 0 Å². The highest BCUT2D eigenvalue weighted by Crippen LogP contribution is 2.11. The zero-order chi connectivity index (χ0) is 13.5. The first-order chi connectivity index (χ1) is 8.38. The summed E-state index contributed by atoms with van der Waals surface area (Å²) in [5.74, 6) is 0. The molecule has 0 spiro atoms. The van der Waals surface area contributed by atoms with E-state index in [1.165, 1.54) is 10.8 Å². The molecule has 2 aromatic carbocycles. The zero-order valence-corrected chi connectivity index (χ0v) is 12.0. The van der Waals surface area contributed by atoms with Gasteiger partial charge in [-0.15, -0.1) is 0 Å². The van der Waals surface area contributed by atoms with E-state index >= 15 is 0 Å². The summed E-state index contributed by atoms with van der Waals surface area (Å²) >= 11 is 0. The van der Waals surface area contributed by atoms with Gasteiger partial charge < -0.3 is 4.74 Å². The van der Waals surface area contributed by atoms with Gasteiger partial charge in [0.05, 0.1) is 0 Å². The molecule has 0 atom stereocenters. The highest BCUT2D eigenvalue weighted by Gasteiger charge is 1.85. The maximum Gasteiger partial charge on any atom is 0.0351 e. The van der Waals surface area contributed by atoms with E-state index in [1.807, 2.05) is 27.7 Å². The maximum atomic E-state index is 4.25. The molecular formula is C16H26O. The first kappa shape index (κ1) is 18.0. The van der Waals surface area contributed by atoms with Crippen LogP contribution in [0, 0.1) is 0 Å². The number of fused-ring (bicyclic) bond motifs is 1. The average Bonchev–Trinajstić information content (AvgIpc) is 2.44. The van der Waals surface area contributed by atoms with E-state index in [2.05, 4.69) is 53.3 Å². The van der Waals surface area contributed by atoms with Crippen molar-refractivity contribution in [3.05, 3.63) is 48.5 Å². The zero-order valence-electron chi connectivity index (χ0n) is 12.0. The molecule has 0 heterocycles. The number of benzene rings is 2. The summed E-state index contributed by atoms with van der Waals surface area (Å²) in [5, 5.41) is 2.62. The Bertz CT molecular complexity index is 290. The second kappa shape index (κ2) is 14.7. The van der Waals surface area contributed by atoms with Gasteiger partial charge in [-0.05, 0) is 10.8 Å². The summed E-state index contributed by atoms with van der Waals surface area (Å²) in [6.07, 6.45) is 0. The fourth-order valence-corrected chi connectivity index (χ4v) is 1.13. The molecule has 0 aliphatic rings. The van der Waals surface area contributed by atoms with Crippen LogP contribution in [0.4, 0.5) is 0 Å². The molecule has 0 aromatic heterocycles. The van der Waals surface area contributed by atoms with E-state index in [0.717, 1.165) is 0 Å². The fourth-order valence-electron chi connectivity index (χ4n) is 1.13. The lowest BCUT2D eigenvalue weighted by atomic mass is 10.1. The molecule has 0 N–H and O–H groups in total. The summed E-state index contributed by atoms with van der Waals surface area (Å²) < 4.78 is 4.25. The number of rotatable bonds is 0. The fraction of sp³-hybridized carbons (Fsp3) is 0.375. The molecule has 0 radical (unpaired) electrons. The Morgan fingerprint density at radius 2 is 0.765 bits per heavy atom. The number of hydrogen-bond acceptors (Lipinski definition) is 1. The third-order valence-corrected chi connectivity index (χ3v) is 1.66. The Kier molecular flexibility index (Phi) is 15.6. The second-order valence-electron chi connectivity index (χ2n) is 2.76. The number of methoxy groups -OCH3 is 1. The van der Waals surface area contributed by atoms with E-state index in [9.17, 15) is 0 Å². The van der Waals surface area contributed by atoms with Crippen LogP contribution in [0.2, 0.25) is 0 Å². The molecule has 1 nitrogen and oxygen atoms in total. The van der Waals surface area contributed by atoms with Crippen molar-refractivity contribution in [1.82, 2.24) is 0 Å². The maximum absolute atomic E-state index is 4.25. The molecule has 96 valence electrons. The minimum atomic E-state index is 1.31. The summed E-state index contributed by atoms with van der Waals surface area (Å²) in [5.41, 5.74) is 0. The van der Waals surface area contributed by atoms with Gasteiger partial charge in [-0.3, -0.25) is 0 Å². The Hall–Kier alpha value is -1.34. The molecule has 0 aliphatic carbocycles. The molecule has 0 fully saturated rings. The van der Waals surface area contributed by atoms with Crippen LogP contribution in [0.25, 0.3) is 10.8 Å². The predicted molar refractivity (Wildman–Crippen MR) is 79.6 cm³/mol. The minimum absolute atomic E-state index is 1.31. The van der Waals surface area contributed by atoms with E-state index < -0.39 is 0 Å². The topological polar surface area (TPSA) is 9.23 Å². The SMILES string of the molecule is CC.CC.COC.c1ccc2ccccc2c1. The van der Waals surface area contributed by atoms with Gasteiger partial charge in [0.25, 0.3) is 0 Å². The van der Waals surface area contributed by atoms with Gasteiger partial charge in [0.1, 0.15) is 0 Å². The van der Waals surface area contributed by atoms with Crippen molar-refractivity contribution in [3.63, 3.8) is 0 Å². The van der Waals surface area contributed by atoms with E-state index in [-0.39, 0.29) is 0 Å². The molecule has 1 heteroatoms. The normalized spacial score (nSPS) is 7.65. The van der Waals surface area contributed by atoms with Crippen LogP contribution in [0.1, 0.15) is 27.7 Å². The van der Waals surface area contributed by atoms with Crippen LogP contribution >= 0.6 is 0 Å².